The summed E-state index contributed by atoms with van der Waals surface area (Å²) in [5.41, 5.74) is -0.0686. The van der Waals surface area contributed by atoms with Gasteiger partial charge in [0.15, 0.2) is 0 Å². The summed E-state index contributed by atoms with van der Waals surface area (Å²) in [5.74, 6) is -0.696. The van der Waals surface area contributed by atoms with Crippen LogP contribution < -0.4 is 5.32 Å². The fourth-order valence-corrected chi connectivity index (χ4v) is 3.06. The van der Waals surface area contributed by atoms with Crippen molar-refractivity contribution in [2.24, 2.45) is 5.92 Å². The number of amides is 3. The second-order valence-corrected chi connectivity index (χ2v) is 7.08. The molecule has 2 rings (SSSR count). The average molecular weight is 346 g/mol. The molecule has 0 aliphatic carbocycles. The van der Waals surface area contributed by atoms with Gasteiger partial charge in [0.05, 0.1) is 18.1 Å². The molecule has 1 heterocycles. The molecule has 0 saturated carbocycles. The number of carbonyl (C=O) groups is 3. The minimum atomic E-state index is -0.875. The van der Waals surface area contributed by atoms with Gasteiger partial charge < -0.3 is 10.4 Å². The highest BCUT2D eigenvalue weighted by molar-refractivity contribution is 6.09. The number of aliphatic hydroxyl groups excluding tert-OH is 1. The Kier molecular flexibility index (Phi) is 5.95. The van der Waals surface area contributed by atoms with Crippen molar-refractivity contribution in [3.63, 3.8) is 0 Å². The van der Waals surface area contributed by atoms with E-state index in [2.05, 4.69) is 5.32 Å². The van der Waals surface area contributed by atoms with Gasteiger partial charge in [-0.25, -0.2) is 0 Å². The van der Waals surface area contributed by atoms with Crippen molar-refractivity contribution in [1.82, 2.24) is 10.2 Å². The number of nitrogens with zero attached hydrogens (tertiary/aromatic N) is 1. The molecule has 2 atom stereocenters. The summed E-state index contributed by atoms with van der Waals surface area (Å²) in [4.78, 5) is 38.3. The molecule has 1 saturated heterocycles. The third-order valence-electron chi connectivity index (χ3n) is 4.84. The lowest BCUT2D eigenvalue weighted by Gasteiger charge is -2.23. The fraction of sp³-hybridized carbons (Fsp3) is 0.526. The predicted molar refractivity (Wildman–Crippen MR) is 93.6 cm³/mol. The molecule has 1 aromatic carbocycles. The van der Waals surface area contributed by atoms with E-state index >= 15 is 0 Å². The van der Waals surface area contributed by atoms with Crippen LogP contribution in [0, 0.1) is 5.92 Å². The molecule has 0 spiro atoms. The lowest BCUT2D eigenvalue weighted by molar-refractivity contribution is -0.140. The summed E-state index contributed by atoms with van der Waals surface area (Å²) in [6, 6.07) is 8.91. The smallest absolute Gasteiger partial charge is 0.240 e. The van der Waals surface area contributed by atoms with Crippen LogP contribution in [-0.4, -0.2) is 46.9 Å². The second kappa shape index (κ2) is 7.78. The number of hydrogen-bond donors (Lipinski definition) is 2. The zero-order valence-electron chi connectivity index (χ0n) is 15.0. The van der Waals surface area contributed by atoms with Crippen molar-refractivity contribution in [3.05, 3.63) is 35.9 Å². The van der Waals surface area contributed by atoms with E-state index < -0.39 is 5.41 Å². The standard InChI is InChI=1S/C19H26N2O4/c1-13(2)15(12-22)20-16(23)9-10-21-17(24)11-19(3,18(21)25)14-7-5-4-6-8-14/h4-8,13,15,22H,9-12H2,1-3H3,(H,20,23)/t15-,19+/m0/s1. The second-order valence-electron chi connectivity index (χ2n) is 7.08. The van der Waals surface area contributed by atoms with Crippen molar-refractivity contribution in [3.8, 4) is 0 Å². The van der Waals surface area contributed by atoms with E-state index in [1.165, 1.54) is 4.90 Å². The van der Waals surface area contributed by atoms with Crippen LogP contribution in [0.3, 0.4) is 0 Å². The Morgan fingerprint density at radius 1 is 1.28 bits per heavy atom. The number of carbonyl (C=O) groups excluding carboxylic acids is 3. The maximum Gasteiger partial charge on any atom is 0.240 e. The van der Waals surface area contributed by atoms with Crippen molar-refractivity contribution >= 4 is 17.7 Å². The first-order valence-corrected chi connectivity index (χ1v) is 8.60. The zero-order valence-corrected chi connectivity index (χ0v) is 15.0. The lowest BCUT2D eigenvalue weighted by atomic mass is 9.81. The quantitative estimate of drug-likeness (QED) is 0.727. The normalized spacial score (nSPS) is 21.7. The first-order valence-electron chi connectivity index (χ1n) is 8.60. The summed E-state index contributed by atoms with van der Waals surface area (Å²) in [6.07, 6.45) is 0.147. The van der Waals surface area contributed by atoms with Gasteiger partial charge in [-0.3, -0.25) is 19.3 Å². The van der Waals surface area contributed by atoms with Crippen LogP contribution >= 0.6 is 0 Å². The van der Waals surface area contributed by atoms with Crippen LogP contribution in [0.2, 0.25) is 0 Å². The Labute approximate surface area is 148 Å². The van der Waals surface area contributed by atoms with E-state index in [1.54, 1.807) is 6.92 Å². The lowest BCUT2D eigenvalue weighted by Crippen LogP contribution is -2.43. The number of aliphatic hydroxyl groups is 1. The van der Waals surface area contributed by atoms with E-state index in [9.17, 15) is 19.5 Å². The maximum atomic E-state index is 12.8. The van der Waals surface area contributed by atoms with Crippen LogP contribution in [0.1, 0.15) is 39.2 Å². The highest BCUT2D eigenvalue weighted by Gasteiger charge is 2.49. The Balaban J connectivity index is 2.00. The van der Waals surface area contributed by atoms with E-state index in [0.29, 0.717) is 0 Å². The molecule has 6 nitrogen and oxygen atoms in total. The molecule has 6 heteroatoms. The molecule has 136 valence electrons. The van der Waals surface area contributed by atoms with Crippen molar-refractivity contribution < 1.29 is 19.5 Å². The third kappa shape index (κ3) is 4.07. The van der Waals surface area contributed by atoms with Crippen LogP contribution in [0.4, 0.5) is 0 Å². The molecule has 1 aliphatic heterocycles. The molecule has 1 aliphatic rings. The summed E-state index contributed by atoms with van der Waals surface area (Å²) < 4.78 is 0. The Hall–Kier alpha value is -2.21. The third-order valence-corrected chi connectivity index (χ3v) is 4.84. The van der Waals surface area contributed by atoms with Crippen LogP contribution in [0.15, 0.2) is 30.3 Å². The molecule has 1 fully saturated rings. The maximum absolute atomic E-state index is 12.8. The van der Waals surface area contributed by atoms with Crippen LogP contribution in [0.5, 0.6) is 0 Å². The number of imide groups is 1. The summed E-state index contributed by atoms with van der Waals surface area (Å²) in [5, 5.41) is 12.0. The Morgan fingerprint density at radius 2 is 1.92 bits per heavy atom. The SMILES string of the molecule is CC(C)[C@H](CO)NC(=O)CCN1C(=O)C[C@](C)(c2ccccc2)C1=O. The first kappa shape index (κ1) is 19.1. The van der Waals surface area contributed by atoms with Gasteiger partial charge in [-0.05, 0) is 18.4 Å². The van der Waals surface area contributed by atoms with Crippen LogP contribution in [0.25, 0.3) is 0 Å². The average Bonchev–Trinajstić information content (AvgIpc) is 2.81. The van der Waals surface area contributed by atoms with Crippen LogP contribution in [-0.2, 0) is 19.8 Å². The molecule has 0 aromatic heterocycles. The predicted octanol–water partition coefficient (Wildman–Crippen LogP) is 1.23. The van der Waals surface area contributed by atoms with Crippen molar-refractivity contribution in [2.75, 3.05) is 13.2 Å². The molecule has 3 amide bonds. The van der Waals surface area contributed by atoms with E-state index in [4.69, 9.17) is 0 Å². The molecular weight excluding hydrogens is 320 g/mol. The van der Waals surface area contributed by atoms with E-state index in [-0.39, 0.29) is 55.7 Å². The van der Waals surface area contributed by atoms with E-state index in [1.807, 2.05) is 44.2 Å². The zero-order chi connectivity index (χ0) is 18.6. The summed E-state index contributed by atoms with van der Waals surface area (Å²) in [6.45, 7) is 5.49. The van der Waals surface area contributed by atoms with Gasteiger partial charge in [-0.1, -0.05) is 44.2 Å². The van der Waals surface area contributed by atoms with Gasteiger partial charge in [-0.15, -0.1) is 0 Å². The topological polar surface area (TPSA) is 86.7 Å². The van der Waals surface area contributed by atoms with Crippen molar-refractivity contribution in [1.29, 1.82) is 0 Å². The van der Waals surface area contributed by atoms with E-state index in [0.717, 1.165) is 5.56 Å². The van der Waals surface area contributed by atoms with Gasteiger partial charge in [0.2, 0.25) is 17.7 Å². The van der Waals surface area contributed by atoms with Crippen molar-refractivity contribution in [2.45, 2.75) is 45.1 Å². The minimum Gasteiger partial charge on any atom is -0.394 e. The van der Waals surface area contributed by atoms with Gasteiger partial charge in [0.25, 0.3) is 0 Å². The molecule has 0 radical (unpaired) electrons. The highest BCUT2D eigenvalue weighted by atomic mass is 16.3. The number of benzene rings is 1. The van der Waals surface area contributed by atoms with Gasteiger partial charge in [-0.2, -0.15) is 0 Å². The number of rotatable bonds is 7. The molecular formula is C19H26N2O4. The highest BCUT2D eigenvalue weighted by Crippen LogP contribution is 2.36. The largest absolute Gasteiger partial charge is 0.394 e. The van der Waals surface area contributed by atoms with Gasteiger partial charge in [0.1, 0.15) is 0 Å². The molecule has 1 aromatic rings. The number of hydrogen-bond acceptors (Lipinski definition) is 4. The molecule has 25 heavy (non-hydrogen) atoms. The Morgan fingerprint density at radius 3 is 2.48 bits per heavy atom. The van der Waals surface area contributed by atoms with Gasteiger partial charge in [0, 0.05) is 19.4 Å². The number of likely N-dealkylation sites (tertiary alicyclic amines) is 1. The molecule has 2 N–H and O–H groups in total. The number of nitrogens with one attached hydrogen (secondary N) is 1. The first-order chi connectivity index (χ1) is 11.8. The fourth-order valence-electron chi connectivity index (χ4n) is 3.06. The monoisotopic (exact) mass is 346 g/mol. The Bertz CT molecular complexity index is 644. The summed E-state index contributed by atoms with van der Waals surface area (Å²) >= 11 is 0. The molecule has 0 unspecified atom stereocenters. The molecule has 0 bridgehead atoms. The minimum absolute atomic E-state index is 0.0333. The van der Waals surface area contributed by atoms with Gasteiger partial charge >= 0.3 is 0 Å². The summed E-state index contributed by atoms with van der Waals surface area (Å²) in [7, 11) is 0.